The molecule has 1 unspecified atom stereocenters. The standard InChI is InChI=1S/C21H24N4O2/c1-3-22-21-23-11-15(12-24-21)20-9-14(2)18-10-16(6-7-19(18)25-20)27-13-17-5-4-8-26-17/h6-7,9-12,17H,3-5,8,13H2,1-2H3,(H,22,23,24). The van der Waals surface area contributed by atoms with Crippen LogP contribution in [0.25, 0.3) is 22.2 Å². The minimum Gasteiger partial charge on any atom is -0.491 e. The van der Waals surface area contributed by atoms with Crippen LogP contribution >= 0.6 is 0 Å². The maximum atomic E-state index is 5.92. The topological polar surface area (TPSA) is 69.2 Å². The van der Waals surface area contributed by atoms with Gasteiger partial charge in [-0.1, -0.05) is 0 Å². The molecule has 140 valence electrons. The molecule has 1 aromatic carbocycles. The van der Waals surface area contributed by atoms with Crippen LogP contribution in [0, 0.1) is 6.92 Å². The third kappa shape index (κ3) is 4.01. The lowest BCUT2D eigenvalue weighted by Crippen LogP contribution is -2.16. The summed E-state index contributed by atoms with van der Waals surface area (Å²) in [4.78, 5) is 13.5. The Kier molecular flexibility index (Phi) is 5.16. The number of anilines is 1. The number of fused-ring (bicyclic) bond motifs is 1. The second kappa shape index (κ2) is 7.88. The lowest BCUT2D eigenvalue weighted by atomic mass is 10.1. The molecule has 0 saturated carbocycles. The summed E-state index contributed by atoms with van der Waals surface area (Å²) in [5, 5.41) is 4.19. The van der Waals surface area contributed by atoms with Gasteiger partial charge in [0.15, 0.2) is 0 Å². The van der Waals surface area contributed by atoms with E-state index in [9.17, 15) is 0 Å². The zero-order valence-electron chi connectivity index (χ0n) is 15.7. The van der Waals surface area contributed by atoms with Crippen molar-refractivity contribution in [3.05, 3.63) is 42.2 Å². The molecule has 1 aliphatic heterocycles. The van der Waals surface area contributed by atoms with Gasteiger partial charge in [0.25, 0.3) is 0 Å². The molecule has 6 nitrogen and oxygen atoms in total. The van der Waals surface area contributed by atoms with Gasteiger partial charge in [-0.25, -0.2) is 15.0 Å². The molecule has 1 fully saturated rings. The number of nitrogens with zero attached hydrogens (tertiary/aromatic N) is 3. The first-order chi connectivity index (χ1) is 13.2. The third-order valence-corrected chi connectivity index (χ3v) is 4.73. The van der Waals surface area contributed by atoms with Crippen molar-refractivity contribution in [3.63, 3.8) is 0 Å². The molecule has 27 heavy (non-hydrogen) atoms. The normalized spacial score (nSPS) is 16.6. The van der Waals surface area contributed by atoms with Crippen molar-refractivity contribution >= 4 is 16.9 Å². The number of aryl methyl sites for hydroxylation is 1. The van der Waals surface area contributed by atoms with Crippen LogP contribution in [0.1, 0.15) is 25.3 Å². The van der Waals surface area contributed by atoms with E-state index in [4.69, 9.17) is 14.5 Å². The number of hydrogen-bond acceptors (Lipinski definition) is 6. The molecule has 0 aliphatic carbocycles. The Morgan fingerprint density at radius 2 is 2.07 bits per heavy atom. The Hall–Kier alpha value is -2.73. The van der Waals surface area contributed by atoms with Crippen molar-refractivity contribution in [1.29, 1.82) is 0 Å². The molecule has 0 bridgehead atoms. The van der Waals surface area contributed by atoms with E-state index >= 15 is 0 Å². The molecular formula is C21H24N4O2. The smallest absolute Gasteiger partial charge is 0.222 e. The number of ether oxygens (including phenoxy) is 2. The summed E-state index contributed by atoms with van der Waals surface area (Å²) in [5.41, 5.74) is 3.86. The van der Waals surface area contributed by atoms with Crippen molar-refractivity contribution < 1.29 is 9.47 Å². The number of rotatable bonds is 6. The zero-order valence-corrected chi connectivity index (χ0v) is 15.7. The molecule has 3 heterocycles. The maximum Gasteiger partial charge on any atom is 0.222 e. The van der Waals surface area contributed by atoms with Gasteiger partial charge in [-0.2, -0.15) is 0 Å². The molecule has 6 heteroatoms. The van der Waals surface area contributed by atoms with Gasteiger partial charge in [0, 0.05) is 36.5 Å². The Balaban J connectivity index is 1.56. The Bertz CT molecular complexity index is 921. The van der Waals surface area contributed by atoms with Crippen molar-refractivity contribution in [2.45, 2.75) is 32.8 Å². The first kappa shape index (κ1) is 17.7. The van der Waals surface area contributed by atoms with E-state index in [-0.39, 0.29) is 6.10 Å². The summed E-state index contributed by atoms with van der Waals surface area (Å²) < 4.78 is 11.5. The van der Waals surface area contributed by atoms with E-state index in [1.807, 2.05) is 19.1 Å². The number of hydrogen-bond donors (Lipinski definition) is 1. The Morgan fingerprint density at radius 1 is 1.22 bits per heavy atom. The summed E-state index contributed by atoms with van der Waals surface area (Å²) in [5.74, 6) is 1.49. The average Bonchev–Trinajstić information content (AvgIpc) is 3.21. The van der Waals surface area contributed by atoms with Crippen LogP contribution < -0.4 is 10.1 Å². The molecule has 2 aromatic heterocycles. The van der Waals surface area contributed by atoms with Gasteiger partial charge in [0.05, 0.1) is 17.3 Å². The second-order valence-electron chi connectivity index (χ2n) is 6.78. The summed E-state index contributed by atoms with van der Waals surface area (Å²) in [6.07, 6.45) is 6.02. The predicted molar refractivity (Wildman–Crippen MR) is 106 cm³/mol. The monoisotopic (exact) mass is 364 g/mol. The highest BCUT2D eigenvalue weighted by atomic mass is 16.5. The minimum atomic E-state index is 0.215. The van der Waals surface area contributed by atoms with Gasteiger partial charge in [0.1, 0.15) is 12.4 Å². The molecule has 0 spiro atoms. The van der Waals surface area contributed by atoms with Crippen LogP contribution in [0.15, 0.2) is 36.7 Å². The van der Waals surface area contributed by atoms with E-state index in [0.717, 1.165) is 59.5 Å². The minimum absolute atomic E-state index is 0.215. The molecule has 1 saturated heterocycles. The van der Waals surface area contributed by atoms with E-state index in [2.05, 4.69) is 34.3 Å². The summed E-state index contributed by atoms with van der Waals surface area (Å²) >= 11 is 0. The highest BCUT2D eigenvalue weighted by molar-refractivity contribution is 5.86. The van der Waals surface area contributed by atoms with E-state index < -0.39 is 0 Å². The Labute approximate surface area is 159 Å². The van der Waals surface area contributed by atoms with Gasteiger partial charge in [-0.15, -0.1) is 0 Å². The molecule has 0 amide bonds. The molecule has 4 rings (SSSR count). The highest BCUT2D eigenvalue weighted by Crippen LogP contribution is 2.27. The molecular weight excluding hydrogens is 340 g/mol. The largest absolute Gasteiger partial charge is 0.491 e. The molecule has 1 N–H and O–H groups in total. The zero-order chi connectivity index (χ0) is 18.6. The Morgan fingerprint density at radius 3 is 2.81 bits per heavy atom. The van der Waals surface area contributed by atoms with Crippen LogP contribution in [0.4, 0.5) is 5.95 Å². The molecule has 3 aromatic rings. The first-order valence-electron chi connectivity index (χ1n) is 9.45. The highest BCUT2D eigenvalue weighted by Gasteiger charge is 2.16. The summed E-state index contributed by atoms with van der Waals surface area (Å²) in [6, 6.07) is 8.10. The molecule has 1 aliphatic rings. The van der Waals surface area contributed by atoms with Gasteiger partial charge in [-0.05, 0) is 56.5 Å². The maximum absolute atomic E-state index is 5.92. The summed E-state index contributed by atoms with van der Waals surface area (Å²) in [7, 11) is 0. The van der Waals surface area contributed by atoms with Gasteiger partial charge < -0.3 is 14.8 Å². The average molecular weight is 364 g/mol. The van der Waals surface area contributed by atoms with Gasteiger partial charge in [-0.3, -0.25) is 0 Å². The van der Waals surface area contributed by atoms with Crippen LogP contribution in [0.5, 0.6) is 5.75 Å². The fourth-order valence-corrected chi connectivity index (χ4v) is 3.29. The molecule has 0 radical (unpaired) electrons. The fraction of sp³-hybridized carbons (Fsp3) is 0.381. The van der Waals surface area contributed by atoms with E-state index in [1.165, 1.54) is 0 Å². The third-order valence-electron chi connectivity index (χ3n) is 4.73. The van der Waals surface area contributed by atoms with Crippen molar-refractivity contribution in [2.24, 2.45) is 0 Å². The van der Waals surface area contributed by atoms with Crippen LogP contribution in [0.2, 0.25) is 0 Å². The van der Waals surface area contributed by atoms with E-state index in [1.54, 1.807) is 12.4 Å². The van der Waals surface area contributed by atoms with Gasteiger partial charge in [0.2, 0.25) is 5.95 Å². The number of pyridine rings is 1. The first-order valence-corrected chi connectivity index (χ1v) is 9.45. The summed E-state index contributed by atoms with van der Waals surface area (Å²) in [6.45, 7) is 6.35. The van der Waals surface area contributed by atoms with Crippen molar-refractivity contribution in [2.75, 3.05) is 25.1 Å². The van der Waals surface area contributed by atoms with Crippen LogP contribution in [0.3, 0.4) is 0 Å². The number of aromatic nitrogens is 3. The predicted octanol–water partition coefficient (Wildman–Crippen LogP) is 3.99. The SMILES string of the molecule is CCNc1ncc(-c2cc(C)c3cc(OCC4CCCO4)ccc3n2)cn1. The molecule has 1 atom stereocenters. The lowest BCUT2D eigenvalue weighted by Gasteiger charge is -2.13. The van der Waals surface area contributed by atoms with Crippen molar-refractivity contribution in [3.8, 4) is 17.0 Å². The van der Waals surface area contributed by atoms with E-state index in [0.29, 0.717) is 12.6 Å². The van der Waals surface area contributed by atoms with Crippen LogP contribution in [-0.4, -0.2) is 40.8 Å². The second-order valence-corrected chi connectivity index (χ2v) is 6.78. The number of nitrogens with one attached hydrogen (secondary N) is 1. The fourth-order valence-electron chi connectivity index (χ4n) is 3.29. The van der Waals surface area contributed by atoms with Crippen LogP contribution in [-0.2, 0) is 4.74 Å². The van der Waals surface area contributed by atoms with Gasteiger partial charge >= 0.3 is 0 Å². The quantitative estimate of drug-likeness (QED) is 0.713. The number of benzene rings is 1. The van der Waals surface area contributed by atoms with Crippen molar-refractivity contribution in [1.82, 2.24) is 15.0 Å². The lowest BCUT2D eigenvalue weighted by molar-refractivity contribution is 0.0680.